The van der Waals surface area contributed by atoms with Gasteiger partial charge in [-0.2, -0.15) is 0 Å². The SMILES string of the molecule is CCNCC1CCCN1Cc1cncc(Br)c1. The third-order valence-electron chi connectivity index (χ3n) is 3.28. The molecule has 1 aliphatic rings. The van der Waals surface area contributed by atoms with Crippen molar-refractivity contribution in [1.29, 1.82) is 0 Å². The Hall–Kier alpha value is -0.450. The summed E-state index contributed by atoms with van der Waals surface area (Å²) in [5.41, 5.74) is 1.29. The first-order valence-electron chi connectivity index (χ1n) is 6.33. The van der Waals surface area contributed by atoms with Gasteiger partial charge in [0.05, 0.1) is 0 Å². The van der Waals surface area contributed by atoms with E-state index < -0.39 is 0 Å². The van der Waals surface area contributed by atoms with Gasteiger partial charge in [-0.25, -0.2) is 0 Å². The molecule has 3 nitrogen and oxygen atoms in total. The van der Waals surface area contributed by atoms with Crippen LogP contribution in [-0.2, 0) is 6.54 Å². The van der Waals surface area contributed by atoms with Crippen molar-refractivity contribution in [3.63, 3.8) is 0 Å². The topological polar surface area (TPSA) is 28.2 Å². The molecule has 17 heavy (non-hydrogen) atoms. The van der Waals surface area contributed by atoms with Gasteiger partial charge in [-0.1, -0.05) is 6.92 Å². The smallest absolute Gasteiger partial charge is 0.0410 e. The molecule has 0 aromatic carbocycles. The van der Waals surface area contributed by atoms with Gasteiger partial charge in [0.15, 0.2) is 0 Å². The lowest BCUT2D eigenvalue weighted by Crippen LogP contribution is -2.37. The van der Waals surface area contributed by atoms with Crippen molar-refractivity contribution in [3.8, 4) is 0 Å². The quantitative estimate of drug-likeness (QED) is 0.905. The number of likely N-dealkylation sites (tertiary alicyclic amines) is 1. The molecule has 1 N–H and O–H groups in total. The molecule has 1 aromatic rings. The number of hydrogen-bond acceptors (Lipinski definition) is 3. The van der Waals surface area contributed by atoms with Crippen molar-refractivity contribution in [3.05, 3.63) is 28.5 Å². The first kappa shape index (κ1) is 13.0. The summed E-state index contributed by atoms with van der Waals surface area (Å²) < 4.78 is 1.07. The predicted octanol–water partition coefficient (Wildman–Crippen LogP) is 2.42. The summed E-state index contributed by atoms with van der Waals surface area (Å²) >= 11 is 3.48. The van der Waals surface area contributed by atoms with Crippen LogP contribution in [0.2, 0.25) is 0 Å². The molecule has 2 heterocycles. The van der Waals surface area contributed by atoms with Gasteiger partial charge in [-0.15, -0.1) is 0 Å². The molecule has 1 atom stereocenters. The van der Waals surface area contributed by atoms with E-state index in [1.165, 1.54) is 24.9 Å². The maximum Gasteiger partial charge on any atom is 0.0410 e. The number of rotatable bonds is 5. The van der Waals surface area contributed by atoms with Gasteiger partial charge < -0.3 is 5.32 Å². The van der Waals surface area contributed by atoms with Gasteiger partial charge in [0.2, 0.25) is 0 Å². The van der Waals surface area contributed by atoms with Gasteiger partial charge in [0, 0.05) is 36.0 Å². The molecule has 0 bridgehead atoms. The number of hydrogen-bond donors (Lipinski definition) is 1. The Bertz CT molecular complexity index is 356. The summed E-state index contributed by atoms with van der Waals surface area (Å²) in [5, 5.41) is 3.45. The zero-order valence-corrected chi connectivity index (χ0v) is 11.9. The van der Waals surface area contributed by atoms with E-state index in [2.05, 4.69) is 44.1 Å². The molecule has 1 unspecified atom stereocenters. The van der Waals surface area contributed by atoms with Gasteiger partial charge >= 0.3 is 0 Å². The Labute approximate surface area is 112 Å². The molecule has 0 amide bonds. The number of aromatic nitrogens is 1. The fourth-order valence-electron chi connectivity index (χ4n) is 2.42. The first-order valence-corrected chi connectivity index (χ1v) is 7.13. The van der Waals surface area contributed by atoms with Crippen LogP contribution in [0.25, 0.3) is 0 Å². The van der Waals surface area contributed by atoms with Crippen LogP contribution in [0.4, 0.5) is 0 Å². The van der Waals surface area contributed by atoms with Crippen molar-refractivity contribution in [2.75, 3.05) is 19.6 Å². The third-order valence-corrected chi connectivity index (χ3v) is 3.71. The van der Waals surface area contributed by atoms with E-state index in [1.54, 1.807) is 0 Å². The second-order valence-electron chi connectivity index (χ2n) is 4.59. The van der Waals surface area contributed by atoms with Crippen LogP contribution < -0.4 is 5.32 Å². The lowest BCUT2D eigenvalue weighted by Gasteiger charge is -2.24. The Morgan fingerprint density at radius 1 is 1.53 bits per heavy atom. The van der Waals surface area contributed by atoms with Gasteiger partial charge in [0.1, 0.15) is 0 Å². The Balaban J connectivity index is 1.93. The summed E-state index contributed by atoms with van der Waals surface area (Å²) in [7, 11) is 0. The van der Waals surface area contributed by atoms with Crippen LogP contribution >= 0.6 is 15.9 Å². The molecule has 0 saturated carbocycles. The highest BCUT2D eigenvalue weighted by Gasteiger charge is 2.23. The van der Waals surface area contributed by atoms with Crippen LogP contribution in [0.1, 0.15) is 25.3 Å². The molecule has 1 fully saturated rings. The minimum Gasteiger partial charge on any atom is -0.315 e. The molecule has 1 aromatic heterocycles. The number of nitrogens with one attached hydrogen (secondary N) is 1. The Kier molecular flexibility index (Phi) is 4.95. The summed E-state index contributed by atoms with van der Waals surface area (Å²) in [6, 6.07) is 2.85. The average Bonchev–Trinajstić information content (AvgIpc) is 2.74. The van der Waals surface area contributed by atoms with E-state index >= 15 is 0 Å². The van der Waals surface area contributed by atoms with Gasteiger partial charge in [0.25, 0.3) is 0 Å². The molecule has 1 aliphatic heterocycles. The fourth-order valence-corrected chi connectivity index (χ4v) is 2.83. The average molecular weight is 298 g/mol. The minimum atomic E-state index is 0.689. The van der Waals surface area contributed by atoms with Crippen molar-refractivity contribution in [2.45, 2.75) is 32.4 Å². The number of pyridine rings is 1. The Morgan fingerprint density at radius 3 is 3.18 bits per heavy atom. The van der Waals surface area contributed by atoms with Crippen LogP contribution in [0.5, 0.6) is 0 Å². The van der Waals surface area contributed by atoms with E-state index in [4.69, 9.17) is 0 Å². The van der Waals surface area contributed by atoms with E-state index in [0.29, 0.717) is 6.04 Å². The van der Waals surface area contributed by atoms with Crippen molar-refractivity contribution >= 4 is 15.9 Å². The number of likely N-dealkylation sites (N-methyl/N-ethyl adjacent to an activating group) is 1. The maximum atomic E-state index is 4.22. The lowest BCUT2D eigenvalue weighted by atomic mass is 10.2. The van der Waals surface area contributed by atoms with Crippen LogP contribution in [0, 0.1) is 0 Å². The van der Waals surface area contributed by atoms with E-state index in [1.807, 2.05) is 12.4 Å². The highest BCUT2D eigenvalue weighted by Crippen LogP contribution is 2.20. The predicted molar refractivity (Wildman–Crippen MR) is 73.9 cm³/mol. The summed E-state index contributed by atoms with van der Waals surface area (Å²) in [4.78, 5) is 6.79. The highest BCUT2D eigenvalue weighted by atomic mass is 79.9. The second kappa shape index (κ2) is 6.47. The van der Waals surface area contributed by atoms with Crippen molar-refractivity contribution in [2.24, 2.45) is 0 Å². The molecule has 94 valence electrons. The standard InChI is InChI=1S/C13H20BrN3/c1-2-15-9-13-4-3-5-17(13)10-11-6-12(14)8-16-7-11/h6-8,13,15H,2-5,9-10H2,1H3. The first-order chi connectivity index (χ1) is 8.29. The lowest BCUT2D eigenvalue weighted by molar-refractivity contribution is 0.240. The molecular weight excluding hydrogens is 278 g/mol. The Morgan fingerprint density at radius 2 is 2.41 bits per heavy atom. The molecule has 4 heteroatoms. The summed E-state index contributed by atoms with van der Waals surface area (Å²) in [6.07, 6.45) is 6.43. The zero-order chi connectivity index (χ0) is 12.1. The van der Waals surface area contributed by atoms with Crippen molar-refractivity contribution < 1.29 is 0 Å². The van der Waals surface area contributed by atoms with Crippen LogP contribution in [-0.4, -0.2) is 35.6 Å². The van der Waals surface area contributed by atoms with E-state index in [-0.39, 0.29) is 0 Å². The molecule has 0 aliphatic carbocycles. The van der Waals surface area contributed by atoms with E-state index in [9.17, 15) is 0 Å². The minimum absolute atomic E-state index is 0.689. The van der Waals surface area contributed by atoms with E-state index in [0.717, 1.165) is 24.1 Å². The molecular formula is C13H20BrN3. The van der Waals surface area contributed by atoms with Crippen molar-refractivity contribution in [1.82, 2.24) is 15.2 Å². The fraction of sp³-hybridized carbons (Fsp3) is 0.615. The van der Waals surface area contributed by atoms with Gasteiger partial charge in [-0.3, -0.25) is 9.88 Å². The molecule has 0 spiro atoms. The second-order valence-corrected chi connectivity index (χ2v) is 5.50. The summed E-state index contributed by atoms with van der Waals surface area (Å²) in [5.74, 6) is 0. The van der Waals surface area contributed by atoms with Crippen LogP contribution in [0.15, 0.2) is 22.9 Å². The summed E-state index contributed by atoms with van der Waals surface area (Å²) in [6.45, 7) is 6.56. The molecule has 0 radical (unpaired) electrons. The highest BCUT2D eigenvalue weighted by molar-refractivity contribution is 9.10. The monoisotopic (exact) mass is 297 g/mol. The molecule has 1 saturated heterocycles. The normalized spacial score (nSPS) is 20.9. The van der Waals surface area contributed by atoms with Gasteiger partial charge in [-0.05, 0) is 53.5 Å². The zero-order valence-electron chi connectivity index (χ0n) is 10.3. The van der Waals surface area contributed by atoms with Crippen LogP contribution in [0.3, 0.4) is 0 Å². The molecule has 2 rings (SSSR count). The third kappa shape index (κ3) is 3.76. The largest absolute Gasteiger partial charge is 0.315 e. The number of nitrogens with zero attached hydrogens (tertiary/aromatic N) is 2. The maximum absolute atomic E-state index is 4.22. The number of halogens is 1.